The fourth-order valence-electron chi connectivity index (χ4n) is 7.29. The van der Waals surface area contributed by atoms with E-state index in [-0.39, 0.29) is 70.9 Å². The minimum absolute atomic E-state index is 0.0172. The van der Waals surface area contributed by atoms with Gasteiger partial charge in [0, 0.05) is 43.7 Å². The van der Waals surface area contributed by atoms with Gasteiger partial charge in [0.05, 0.1) is 47.6 Å². The molecule has 0 aromatic rings. The highest BCUT2D eigenvalue weighted by atomic mass is 35.5. The van der Waals surface area contributed by atoms with Crippen molar-refractivity contribution in [1.29, 1.82) is 5.26 Å². The number of piperidine rings is 2. The number of fused-ring (bicyclic) bond motifs is 1. The van der Waals surface area contributed by atoms with Crippen molar-refractivity contribution in [3.05, 3.63) is 0 Å². The Bertz CT molecular complexity index is 863. The van der Waals surface area contributed by atoms with Crippen molar-refractivity contribution in [1.82, 2.24) is 26.2 Å². The Balaban J connectivity index is 1.34. The van der Waals surface area contributed by atoms with Crippen molar-refractivity contribution in [2.45, 2.75) is 118 Å². The summed E-state index contributed by atoms with van der Waals surface area (Å²) in [4.78, 5) is 15.0. The standard InChI is InChI=1S/C30H52Cl2N6O3/c1-4-40-28-15-24-21(14-25(28)37-29(39)8-6-12-38(2)3)30(19(16-33)17-35-24)36-20-9-10-27(23(32)13-20)41-18-26-22(31)7-5-11-34-26/h19-28,30,34-36H,4-15,17-18H2,1-3H3,(H,37,39). The summed E-state index contributed by atoms with van der Waals surface area (Å²) in [5, 5.41) is 24.4. The maximum atomic E-state index is 12.9. The average Bonchev–Trinajstić information content (AvgIpc) is 2.94. The van der Waals surface area contributed by atoms with Gasteiger partial charge in [-0.05, 0) is 91.4 Å². The van der Waals surface area contributed by atoms with E-state index >= 15 is 0 Å². The minimum atomic E-state index is -0.142. The van der Waals surface area contributed by atoms with Crippen LogP contribution in [0.1, 0.15) is 64.7 Å². The third-order valence-electron chi connectivity index (χ3n) is 9.51. The normalized spacial score (nSPS) is 39.6. The number of rotatable bonds is 12. The summed E-state index contributed by atoms with van der Waals surface area (Å²) >= 11 is 13.4. The quantitative estimate of drug-likeness (QED) is 0.248. The Morgan fingerprint density at radius 3 is 2.61 bits per heavy atom. The van der Waals surface area contributed by atoms with E-state index in [1.54, 1.807) is 0 Å². The maximum absolute atomic E-state index is 12.9. The predicted molar refractivity (Wildman–Crippen MR) is 163 cm³/mol. The molecule has 0 aromatic heterocycles. The highest BCUT2D eigenvalue weighted by molar-refractivity contribution is 6.21. The summed E-state index contributed by atoms with van der Waals surface area (Å²) in [6.07, 6.45) is 7.72. The van der Waals surface area contributed by atoms with Crippen LogP contribution >= 0.6 is 23.2 Å². The van der Waals surface area contributed by atoms with Gasteiger partial charge in [-0.1, -0.05) is 0 Å². The molecule has 4 fully saturated rings. The van der Waals surface area contributed by atoms with E-state index in [1.807, 2.05) is 21.0 Å². The minimum Gasteiger partial charge on any atom is -0.376 e. The zero-order chi connectivity index (χ0) is 29.4. The second-order valence-corrected chi connectivity index (χ2v) is 13.9. The van der Waals surface area contributed by atoms with Crippen molar-refractivity contribution in [2.24, 2.45) is 11.8 Å². The number of nitrogens with zero attached hydrogens (tertiary/aromatic N) is 2. The second kappa shape index (κ2) is 16.4. The Labute approximate surface area is 257 Å². The van der Waals surface area contributed by atoms with Crippen molar-refractivity contribution in [3.63, 3.8) is 0 Å². The molecule has 2 aliphatic heterocycles. The summed E-state index contributed by atoms with van der Waals surface area (Å²) in [6.45, 7) is 5.75. The maximum Gasteiger partial charge on any atom is 0.220 e. The van der Waals surface area contributed by atoms with E-state index in [4.69, 9.17) is 32.7 Å². The van der Waals surface area contributed by atoms with Gasteiger partial charge in [-0.15, -0.1) is 23.2 Å². The number of alkyl halides is 2. The molecule has 4 rings (SSSR count). The number of hydrogen-bond donors (Lipinski definition) is 4. The molecule has 9 nitrogen and oxygen atoms in total. The lowest BCUT2D eigenvalue weighted by atomic mass is 9.69. The highest BCUT2D eigenvalue weighted by Gasteiger charge is 2.47. The van der Waals surface area contributed by atoms with E-state index in [0.29, 0.717) is 26.2 Å². The summed E-state index contributed by atoms with van der Waals surface area (Å²) in [7, 11) is 4.05. The molecule has 0 bridgehead atoms. The van der Waals surface area contributed by atoms with Crippen molar-refractivity contribution < 1.29 is 14.3 Å². The van der Waals surface area contributed by atoms with Crippen LogP contribution in [0.5, 0.6) is 0 Å². The summed E-state index contributed by atoms with van der Waals surface area (Å²) < 4.78 is 12.4. The van der Waals surface area contributed by atoms with Crippen LogP contribution in [0.3, 0.4) is 0 Å². The molecule has 11 heteroatoms. The number of carbonyl (C=O) groups excluding carboxylic acids is 1. The number of nitrogens with one attached hydrogen (secondary N) is 4. The summed E-state index contributed by atoms with van der Waals surface area (Å²) in [5.41, 5.74) is 0. The third-order valence-corrected chi connectivity index (χ3v) is 10.5. The predicted octanol–water partition coefficient (Wildman–Crippen LogP) is 2.60. The molecule has 2 saturated carbocycles. The first-order valence-electron chi connectivity index (χ1n) is 15.9. The van der Waals surface area contributed by atoms with Gasteiger partial charge in [-0.2, -0.15) is 5.26 Å². The smallest absolute Gasteiger partial charge is 0.220 e. The van der Waals surface area contributed by atoms with E-state index in [9.17, 15) is 10.1 Å². The molecule has 1 amide bonds. The Morgan fingerprint density at radius 1 is 1.07 bits per heavy atom. The first-order valence-corrected chi connectivity index (χ1v) is 16.7. The molecule has 0 spiro atoms. The fraction of sp³-hybridized carbons (Fsp3) is 0.933. The van der Waals surface area contributed by atoms with Gasteiger partial charge in [-0.25, -0.2) is 0 Å². The van der Waals surface area contributed by atoms with E-state index in [1.165, 1.54) is 0 Å². The summed E-state index contributed by atoms with van der Waals surface area (Å²) in [5.74, 6) is 0.160. The highest BCUT2D eigenvalue weighted by Crippen LogP contribution is 2.36. The second-order valence-electron chi connectivity index (χ2n) is 12.8. The van der Waals surface area contributed by atoms with Gasteiger partial charge in [0.25, 0.3) is 0 Å². The Morgan fingerprint density at radius 2 is 1.90 bits per heavy atom. The number of halogens is 2. The third kappa shape index (κ3) is 9.39. The largest absolute Gasteiger partial charge is 0.376 e. The van der Waals surface area contributed by atoms with Gasteiger partial charge in [0.2, 0.25) is 5.91 Å². The lowest BCUT2D eigenvalue weighted by Crippen LogP contribution is -2.66. The van der Waals surface area contributed by atoms with Crippen LogP contribution in [0.4, 0.5) is 0 Å². The topological polar surface area (TPSA) is 111 Å². The first-order chi connectivity index (χ1) is 19.8. The SMILES string of the molecule is CCOC1CC2NCC(C#N)C(NC3CCC(OCC4NCCCC4Cl)C(Cl)C3)C2CC1NC(=O)CCCN(C)C. The molecule has 4 N–H and O–H groups in total. The molecule has 11 unspecified atom stereocenters. The van der Waals surface area contributed by atoms with Crippen LogP contribution < -0.4 is 21.3 Å². The molecule has 2 aliphatic carbocycles. The van der Waals surface area contributed by atoms with Crippen LogP contribution in [0.15, 0.2) is 0 Å². The molecule has 2 saturated heterocycles. The van der Waals surface area contributed by atoms with Crippen LogP contribution in [0.25, 0.3) is 0 Å². The number of amides is 1. The number of carbonyl (C=O) groups is 1. The Kier molecular flexibility index (Phi) is 13.3. The van der Waals surface area contributed by atoms with Gasteiger partial charge in [0.15, 0.2) is 0 Å². The van der Waals surface area contributed by atoms with Crippen molar-refractivity contribution in [2.75, 3.05) is 46.9 Å². The first kappa shape index (κ1) is 33.2. The number of ether oxygens (including phenoxy) is 2. The van der Waals surface area contributed by atoms with Gasteiger partial charge >= 0.3 is 0 Å². The molecule has 0 aromatic carbocycles. The number of nitriles is 1. The molecule has 0 radical (unpaired) electrons. The molecule has 11 atom stereocenters. The van der Waals surface area contributed by atoms with Crippen LogP contribution in [-0.2, 0) is 14.3 Å². The molecule has 4 aliphatic rings. The molecule has 234 valence electrons. The molecular formula is C30H52Cl2N6O3. The van der Waals surface area contributed by atoms with E-state index in [0.717, 1.165) is 64.5 Å². The zero-order valence-corrected chi connectivity index (χ0v) is 26.6. The number of hydrogen-bond acceptors (Lipinski definition) is 8. The molecule has 41 heavy (non-hydrogen) atoms. The van der Waals surface area contributed by atoms with Crippen LogP contribution in [-0.4, -0.2) is 111 Å². The van der Waals surface area contributed by atoms with Gasteiger partial charge in [0.1, 0.15) is 0 Å². The Hall–Kier alpha value is -0.700. The van der Waals surface area contributed by atoms with Crippen LogP contribution in [0, 0.1) is 23.2 Å². The zero-order valence-electron chi connectivity index (χ0n) is 25.1. The van der Waals surface area contributed by atoms with Gasteiger partial charge in [-0.3, -0.25) is 4.79 Å². The van der Waals surface area contributed by atoms with Crippen molar-refractivity contribution in [3.8, 4) is 6.07 Å². The lowest BCUT2D eigenvalue weighted by Gasteiger charge is -2.50. The summed E-state index contributed by atoms with van der Waals surface area (Å²) in [6, 6.07) is 3.20. The molecule has 2 heterocycles. The van der Waals surface area contributed by atoms with Gasteiger partial charge < -0.3 is 35.6 Å². The fourth-order valence-corrected chi connectivity index (χ4v) is 8.02. The van der Waals surface area contributed by atoms with E-state index < -0.39 is 0 Å². The van der Waals surface area contributed by atoms with Crippen LogP contribution in [0.2, 0.25) is 0 Å². The monoisotopic (exact) mass is 614 g/mol. The van der Waals surface area contributed by atoms with Crippen molar-refractivity contribution >= 4 is 29.1 Å². The molecular weight excluding hydrogens is 563 g/mol. The average molecular weight is 616 g/mol. The van der Waals surface area contributed by atoms with E-state index in [2.05, 4.69) is 32.2 Å². The lowest BCUT2D eigenvalue weighted by molar-refractivity contribution is -0.124.